The second-order valence-corrected chi connectivity index (χ2v) is 6.96. The van der Waals surface area contributed by atoms with Gasteiger partial charge in [-0.15, -0.1) is 0 Å². The minimum atomic E-state index is 0.167. The van der Waals surface area contributed by atoms with Gasteiger partial charge in [-0.25, -0.2) is 4.68 Å². The summed E-state index contributed by atoms with van der Waals surface area (Å²) < 4.78 is 1.97. The van der Waals surface area contributed by atoms with Crippen LogP contribution < -0.4 is 0 Å². The first-order valence-corrected chi connectivity index (χ1v) is 8.66. The van der Waals surface area contributed by atoms with Crippen LogP contribution in [0.25, 0.3) is 5.69 Å². The molecule has 1 saturated carbocycles. The van der Waals surface area contributed by atoms with Gasteiger partial charge in [-0.1, -0.05) is 25.1 Å². The SMILES string of the molecule is CC1CCCN(C(=O)c2cnn(-c3ccccc3)c2C2CC2)C1. The Kier molecular flexibility index (Phi) is 3.68. The lowest BCUT2D eigenvalue weighted by molar-refractivity contribution is 0.0682. The zero-order valence-corrected chi connectivity index (χ0v) is 13.6. The summed E-state index contributed by atoms with van der Waals surface area (Å²) in [5.74, 6) is 1.25. The summed E-state index contributed by atoms with van der Waals surface area (Å²) in [6.07, 6.45) is 6.44. The van der Waals surface area contributed by atoms with Crippen LogP contribution in [-0.4, -0.2) is 33.7 Å². The highest BCUT2D eigenvalue weighted by Gasteiger charge is 2.34. The van der Waals surface area contributed by atoms with E-state index >= 15 is 0 Å². The van der Waals surface area contributed by atoms with E-state index in [9.17, 15) is 4.79 Å². The van der Waals surface area contributed by atoms with E-state index in [4.69, 9.17) is 0 Å². The van der Waals surface area contributed by atoms with Crippen molar-refractivity contribution in [2.24, 2.45) is 5.92 Å². The van der Waals surface area contributed by atoms with Gasteiger partial charge in [0.15, 0.2) is 0 Å². The zero-order chi connectivity index (χ0) is 15.8. The molecule has 2 aliphatic rings. The number of piperidine rings is 1. The van der Waals surface area contributed by atoms with E-state index in [1.54, 1.807) is 6.20 Å². The average Bonchev–Trinajstić information content (AvgIpc) is 3.33. The van der Waals surface area contributed by atoms with Crippen molar-refractivity contribution >= 4 is 5.91 Å². The molecular formula is C19H23N3O. The van der Waals surface area contributed by atoms with Crippen molar-refractivity contribution < 1.29 is 4.79 Å². The van der Waals surface area contributed by atoms with Crippen LogP contribution in [0.4, 0.5) is 0 Å². The van der Waals surface area contributed by atoms with Crippen molar-refractivity contribution in [3.8, 4) is 5.69 Å². The van der Waals surface area contributed by atoms with E-state index in [-0.39, 0.29) is 5.91 Å². The molecule has 0 bridgehead atoms. The minimum Gasteiger partial charge on any atom is -0.338 e. The Bertz CT molecular complexity index is 703. The number of hydrogen-bond acceptors (Lipinski definition) is 2. The fourth-order valence-electron chi connectivity index (χ4n) is 3.59. The standard InChI is InChI=1S/C19H23N3O/c1-14-6-5-11-21(13-14)19(23)17-12-20-22(18(17)15-9-10-15)16-7-3-2-4-8-16/h2-4,7-8,12,14-15H,5-6,9-11,13H2,1H3. The Morgan fingerprint density at radius 3 is 2.65 bits per heavy atom. The number of likely N-dealkylation sites (tertiary alicyclic amines) is 1. The molecule has 1 atom stereocenters. The lowest BCUT2D eigenvalue weighted by atomic mass is 9.99. The van der Waals surface area contributed by atoms with Crippen LogP contribution in [0.1, 0.15) is 54.6 Å². The number of amides is 1. The van der Waals surface area contributed by atoms with E-state index in [0.29, 0.717) is 11.8 Å². The van der Waals surface area contributed by atoms with Gasteiger partial charge in [0, 0.05) is 19.0 Å². The largest absolute Gasteiger partial charge is 0.338 e. The molecule has 1 aromatic carbocycles. The zero-order valence-electron chi connectivity index (χ0n) is 13.6. The third-order valence-corrected chi connectivity index (χ3v) is 4.95. The molecule has 1 unspecified atom stereocenters. The summed E-state index contributed by atoms with van der Waals surface area (Å²) in [6, 6.07) is 10.1. The predicted octanol–water partition coefficient (Wildman–Crippen LogP) is 3.62. The number of carbonyl (C=O) groups excluding carboxylic acids is 1. The van der Waals surface area contributed by atoms with E-state index < -0.39 is 0 Å². The second kappa shape index (κ2) is 5.84. The van der Waals surface area contributed by atoms with Gasteiger partial charge in [-0.05, 0) is 43.7 Å². The summed E-state index contributed by atoms with van der Waals surface area (Å²) in [4.78, 5) is 15.0. The van der Waals surface area contributed by atoms with Crippen molar-refractivity contribution in [3.63, 3.8) is 0 Å². The van der Waals surface area contributed by atoms with Gasteiger partial charge in [0.05, 0.1) is 23.1 Å². The van der Waals surface area contributed by atoms with Crippen LogP contribution in [-0.2, 0) is 0 Å². The van der Waals surface area contributed by atoms with Crippen LogP contribution in [0.2, 0.25) is 0 Å². The van der Waals surface area contributed by atoms with Crippen molar-refractivity contribution in [1.29, 1.82) is 0 Å². The molecule has 4 nitrogen and oxygen atoms in total. The molecule has 1 aliphatic carbocycles. The molecule has 0 radical (unpaired) electrons. The summed E-state index contributed by atoms with van der Waals surface area (Å²) in [5, 5.41) is 4.55. The Balaban J connectivity index is 1.69. The van der Waals surface area contributed by atoms with E-state index in [1.165, 1.54) is 6.42 Å². The number of hydrogen-bond donors (Lipinski definition) is 0. The van der Waals surface area contributed by atoms with Crippen LogP contribution >= 0.6 is 0 Å². The Morgan fingerprint density at radius 1 is 1.17 bits per heavy atom. The maximum Gasteiger partial charge on any atom is 0.257 e. The third-order valence-electron chi connectivity index (χ3n) is 4.95. The smallest absolute Gasteiger partial charge is 0.257 e. The van der Waals surface area contributed by atoms with Crippen molar-refractivity contribution in [1.82, 2.24) is 14.7 Å². The fourth-order valence-corrected chi connectivity index (χ4v) is 3.59. The third kappa shape index (κ3) is 2.78. The van der Waals surface area contributed by atoms with Crippen molar-refractivity contribution in [3.05, 3.63) is 47.8 Å². The fraction of sp³-hybridized carbons (Fsp3) is 0.474. The Hall–Kier alpha value is -2.10. The van der Waals surface area contributed by atoms with E-state index in [0.717, 1.165) is 49.3 Å². The van der Waals surface area contributed by atoms with Crippen LogP contribution in [0.15, 0.2) is 36.5 Å². The summed E-state index contributed by atoms with van der Waals surface area (Å²) in [5.41, 5.74) is 2.96. The van der Waals surface area contributed by atoms with E-state index in [2.05, 4.69) is 24.2 Å². The maximum absolute atomic E-state index is 13.0. The molecule has 2 heterocycles. The molecule has 2 aromatic rings. The highest BCUT2D eigenvalue weighted by Crippen LogP contribution is 2.42. The molecule has 1 amide bonds. The van der Waals surface area contributed by atoms with Gasteiger partial charge in [-0.2, -0.15) is 5.10 Å². The molecule has 120 valence electrons. The summed E-state index contributed by atoms with van der Waals surface area (Å²) >= 11 is 0. The topological polar surface area (TPSA) is 38.1 Å². The lowest BCUT2D eigenvalue weighted by Gasteiger charge is -2.31. The van der Waals surface area contributed by atoms with Gasteiger partial charge >= 0.3 is 0 Å². The number of aromatic nitrogens is 2. The molecule has 23 heavy (non-hydrogen) atoms. The van der Waals surface area contributed by atoms with E-state index in [1.807, 2.05) is 27.8 Å². The lowest BCUT2D eigenvalue weighted by Crippen LogP contribution is -2.39. The summed E-state index contributed by atoms with van der Waals surface area (Å²) in [6.45, 7) is 3.98. The molecule has 4 rings (SSSR count). The maximum atomic E-state index is 13.0. The number of benzene rings is 1. The quantitative estimate of drug-likeness (QED) is 0.868. The first kappa shape index (κ1) is 14.5. The Labute approximate surface area is 137 Å². The normalized spacial score (nSPS) is 21.4. The Morgan fingerprint density at radius 2 is 1.96 bits per heavy atom. The molecule has 0 N–H and O–H groups in total. The molecule has 2 fully saturated rings. The van der Waals surface area contributed by atoms with Gasteiger partial charge in [-0.3, -0.25) is 4.79 Å². The van der Waals surface area contributed by atoms with Gasteiger partial charge in [0.1, 0.15) is 0 Å². The van der Waals surface area contributed by atoms with Crippen LogP contribution in [0.3, 0.4) is 0 Å². The van der Waals surface area contributed by atoms with Crippen LogP contribution in [0, 0.1) is 5.92 Å². The first-order valence-electron chi connectivity index (χ1n) is 8.66. The van der Waals surface area contributed by atoms with Gasteiger partial charge in [0.25, 0.3) is 5.91 Å². The van der Waals surface area contributed by atoms with Gasteiger partial charge in [0.2, 0.25) is 0 Å². The monoisotopic (exact) mass is 309 g/mol. The number of para-hydroxylation sites is 1. The average molecular weight is 309 g/mol. The number of carbonyl (C=O) groups is 1. The van der Waals surface area contributed by atoms with Crippen LogP contribution in [0.5, 0.6) is 0 Å². The van der Waals surface area contributed by atoms with Gasteiger partial charge < -0.3 is 4.90 Å². The highest BCUT2D eigenvalue weighted by atomic mass is 16.2. The first-order chi connectivity index (χ1) is 11.2. The summed E-state index contributed by atoms with van der Waals surface area (Å²) in [7, 11) is 0. The molecule has 1 saturated heterocycles. The molecule has 0 spiro atoms. The number of rotatable bonds is 3. The van der Waals surface area contributed by atoms with Crippen molar-refractivity contribution in [2.75, 3.05) is 13.1 Å². The minimum absolute atomic E-state index is 0.167. The molecule has 1 aromatic heterocycles. The molecular weight excluding hydrogens is 286 g/mol. The second-order valence-electron chi connectivity index (χ2n) is 6.96. The highest BCUT2D eigenvalue weighted by molar-refractivity contribution is 5.95. The molecule has 4 heteroatoms. The number of nitrogens with zero attached hydrogens (tertiary/aromatic N) is 3. The van der Waals surface area contributed by atoms with Crippen molar-refractivity contribution in [2.45, 2.75) is 38.5 Å². The molecule has 1 aliphatic heterocycles. The predicted molar refractivity (Wildman–Crippen MR) is 89.8 cm³/mol.